The number of carboxylic acids is 1. The summed E-state index contributed by atoms with van der Waals surface area (Å²) in [5.41, 5.74) is -0.961. The maximum atomic E-state index is 12.6. The van der Waals surface area contributed by atoms with Crippen LogP contribution in [0.4, 0.5) is 18.9 Å². The van der Waals surface area contributed by atoms with Crippen LogP contribution < -0.4 is 10.1 Å². The van der Waals surface area contributed by atoms with Crippen molar-refractivity contribution in [3.05, 3.63) is 59.7 Å². The molecule has 0 fully saturated rings. The lowest BCUT2D eigenvalue weighted by atomic mass is 9.85. The Morgan fingerprint density at radius 1 is 1.04 bits per heavy atom. The number of rotatable bonds is 6. The Bertz CT molecular complexity index is 830. The van der Waals surface area contributed by atoms with Crippen molar-refractivity contribution in [3.8, 4) is 5.75 Å². The van der Waals surface area contributed by atoms with E-state index in [0.717, 1.165) is 12.1 Å². The smallest absolute Gasteiger partial charge is 0.416 e. The second kappa shape index (κ2) is 7.69. The lowest BCUT2D eigenvalue weighted by Gasteiger charge is -2.19. The Labute approximate surface area is 153 Å². The molecule has 2 rings (SSSR count). The molecule has 0 spiro atoms. The number of amides is 1. The first-order valence-electron chi connectivity index (χ1n) is 7.94. The monoisotopic (exact) mass is 381 g/mol. The number of hydrogen-bond acceptors (Lipinski definition) is 3. The van der Waals surface area contributed by atoms with Gasteiger partial charge in [0, 0.05) is 5.69 Å². The van der Waals surface area contributed by atoms with Crippen molar-refractivity contribution in [2.45, 2.75) is 25.4 Å². The Hall–Kier alpha value is -3.03. The molecule has 8 heteroatoms. The molecule has 0 unspecified atom stereocenters. The number of ether oxygens (including phenoxy) is 1. The molecule has 2 N–H and O–H groups in total. The Balaban J connectivity index is 1.96. The van der Waals surface area contributed by atoms with Crippen LogP contribution in [-0.4, -0.2) is 23.6 Å². The topological polar surface area (TPSA) is 75.6 Å². The van der Waals surface area contributed by atoms with Gasteiger partial charge in [0.2, 0.25) is 0 Å². The summed E-state index contributed by atoms with van der Waals surface area (Å²) in [6.45, 7) is 2.65. The first-order valence-corrected chi connectivity index (χ1v) is 7.94. The lowest BCUT2D eigenvalue weighted by Crippen LogP contribution is -2.28. The fourth-order valence-corrected chi connectivity index (χ4v) is 2.20. The van der Waals surface area contributed by atoms with E-state index in [1.165, 1.54) is 12.1 Å². The number of carbonyl (C=O) groups is 2. The lowest BCUT2D eigenvalue weighted by molar-refractivity contribution is -0.142. The predicted molar refractivity (Wildman–Crippen MR) is 92.7 cm³/mol. The van der Waals surface area contributed by atoms with E-state index in [0.29, 0.717) is 11.3 Å². The van der Waals surface area contributed by atoms with Crippen LogP contribution in [0.15, 0.2) is 48.5 Å². The van der Waals surface area contributed by atoms with E-state index in [-0.39, 0.29) is 5.75 Å². The Morgan fingerprint density at radius 2 is 1.67 bits per heavy atom. The number of carbonyl (C=O) groups excluding carboxylic acids is 1. The van der Waals surface area contributed by atoms with Crippen molar-refractivity contribution in [1.29, 1.82) is 0 Å². The third-order valence-corrected chi connectivity index (χ3v) is 3.96. The zero-order valence-electron chi connectivity index (χ0n) is 14.6. The summed E-state index contributed by atoms with van der Waals surface area (Å²) in [7, 11) is 0. The first-order chi connectivity index (χ1) is 12.5. The molecule has 0 atom stereocenters. The molecular weight excluding hydrogens is 363 g/mol. The summed E-state index contributed by atoms with van der Waals surface area (Å²) in [6, 6.07) is 10.5. The summed E-state index contributed by atoms with van der Waals surface area (Å²) in [4.78, 5) is 23.1. The molecule has 0 radical (unpaired) electrons. The largest absolute Gasteiger partial charge is 0.484 e. The van der Waals surface area contributed by atoms with Crippen molar-refractivity contribution < 1.29 is 32.6 Å². The summed E-state index contributed by atoms with van der Waals surface area (Å²) < 4.78 is 43.0. The highest BCUT2D eigenvalue weighted by Crippen LogP contribution is 2.31. The maximum absolute atomic E-state index is 12.6. The molecule has 27 heavy (non-hydrogen) atoms. The third-order valence-electron chi connectivity index (χ3n) is 3.96. The Kier molecular flexibility index (Phi) is 5.78. The Morgan fingerprint density at radius 3 is 2.22 bits per heavy atom. The molecule has 2 aromatic carbocycles. The fourth-order valence-electron chi connectivity index (χ4n) is 2.20. The average Bonchev–Trinajstić information content (AvgIpc) is 2.60. The van der Waals surface area contributed by atoms with Gasteiger partial charge in [0.15, 0.2) is 6.61 Å². The van der Waals surface area contributed by atoms with E-state index in [2.05, 4.69) is 5.32 Å². The number of hydrogen-bond donors (Lipinski definition) is 2. The SMILES string of the molecule is CC(C)(C(=O)O)c1ccc(NC(=O)COc2cccc(C(F)(F)F)c2)cc1. The van der Waals surface area contributed by atoms with Crippen LogP contribution in [0.5, 0.6) is 5.75 Å². The van der Waals surface area contributed by atoms with Crippen LogP contribution in [-0.2, 0) is 21.2 Å². The molecule has 0 aliphatic carbocycles. The fraction of sp³-hybridized carbons (Fsp3) is 0.263. The highest BCUT2D eigenvalue weighted by Gasteiger charge is 2.31. The van der Waals surface area contributed by atoms with Gasteiger partial charge in [-0.15, -0.1) is 0 Å². The second-order valence-corrected chi connectivity index (χ2v) is 6.37. The standard InChI is InChI=1S/C19H18F3NO4/c1-18(2,17(25)26)12-6-8-14(9-7-12)23-16(24)11-27-15-5-3-4-13(10-15)19(20,21)22/h3-10H,11H2,1-2H3,(H,23,24)(H,25,26). The van der Waals surface area contributed by atoms with Gasteiger partial charge in [-0.3, -0.25) is 9.59 Å². The van der Waals surface area contributed by atoms with Gasteiger partial charge in [0.25, 0.3) is 5.91 Å². The predicted octanol–water partition coefficient (Wildman–Crippen LogP) is 4.09. The van der Waals surface area contributed by atoms with Crippen molar-refractivity contribution in [1.82, 2.24) is 0 Å². The zero-order chi connectivity index (χ0) is 20.2. The van der Waals surface area contributed by atoms with Crippen molar-refractivity contribution in [3.63, 3.8) is 0 Å². The molecule has 144 valence electrons. The number of carboxylic acid groups (broad SMARTS) is 1. The number of halogens is 3. The van der Waals surface area contributed by atoms with Crippen LogP contribution in [0.1, 0.15) is 25.0 Å². The number of benzene rings is 2. The van der Waals surface area contributed by atoms with Crippen LogP contribution >= 0.6 is 0 Å². The molecule has 0 saturated heterocycles. The van der Waals surface area contributed by atoms with E-state index in [1.54, 1.807) is 38.1 Å². The first kappa shape index (κ1) is 20.3. The normalized spacial score (nSPS) is 11.7. The maximum Gasteiger partial charge on any atom is 0.416 e. The van der Waals surface area contributed by atoms with Crippen LogP contribution in [0.3, 0.4) is 0 Å². The van der Waals surface area contributed by atoms with Crippen molar-refractivity contribution >= 4 is 17.6 Å². The van der Waals surface area contributed by atoms with Gasteiger partial charge in [-0.2, -0.15) is 13.2 Å². The molecule has 0 aliphatic rings. The van der Waals surface area contributed by atoms with Crippen LogP contribution in [0, 0.1) is 0 Å². The molecule has 0 heterocycles. The summed E-state index contributed by atoms with van der Waals surface area (Å²) >= 11 is 0. The van der Waals surface area contributed by atoms with Gasteiger partial charge >= 0.3 is 12.1 Å². The minimum Gasteiger partial charge on any atom is -0.484 e. The number of aliphatic carboxylic acids is 1. The van der Waals surface area contributed by atoms with Gasteiger partial charge < -0.3 is 15.2 Å². The van der Waals surface area contributed by atoms with Gasteiger partial charge in [0.05, 0.1) is 11.0 Å². The van der Waals surface area contributed by atoms with Crippen molar-refractivity contribution in [2.75, 3.05) is 11.9 Å². The molecular formula is C19H18F3NO4. The molecule has 1 amide bonds. The molecule has 2 aromatic rings. The number of anilines is 1. The van der Waals surface area contributed by atoms with Crippen LogP contribution in [0.25, 0.3) is 0 Å². The van der Waals surface area contributed by atoms with E-state index >= 15 is 0 Å². The number of nitrogens with one attached hydrogen (secondary N) is 1. The van der Waals surface area contributed by atoms with Crippen LogP contribution in [0.2, 0.25) is 0 Å². The molecule has 0 aliphatic heterocycles. The van der Waals surface area contributed by atoms with E-state index < -0.39 is 35.6 Å². The van der Waals surface area contributed by atoms with E-state index in [1.807, 2.05) is 0 Å². The molecule has 0 bridgehead atoms. The summed E-state index contributed by atoms with van der Waals surface area (Å²) in [5, 5.41) is 11.7. The second-order valence-electron chi connectivity index (χ2n) is 6.37. The third kappa shape index (κ3) is 5.22. The molecule has 5 nitrogen and oxygen atoms in total. The average molecular weight is 381 g/mol. The highest BCUT2D eigenvalue weighted by atomic mass is 19.4. The molecule has 0 aromatic heterocycles. The van der Waals surface area contributed by atoms with Gasteiger partial charge in [-0.05, 0) is 49.7 Å². The highest BCUT2D eigenvalue weighted by molar-refractivity contribution is 5.92. The molecule has 0 saturated carbocycles. The summed E-state index contributed by atoms with van der Waals surface area (Å²) in [6.07, 6.45) is -4.49. The van der Waals surface area contributed by atoms with Gasteiger partial charge in [0.1, 0.15) is 5.75 Å². The minimum absolute atomic E-state index is 0.0708. The zero-order valence-corrected chi connectivity index (χ0v) is 14.6. The van der Waals surface area contributed by atoms with Crippen molar-refractivity contribution in [2.24, 2.45) is 0 Å². The van der Waals surface area contributed by atoms with Gasteiger partial charge in [-0.1, -0.05) is 18.2 Å². The quantitative estimate of drug-likeness (QED) is 0.791. The summed E-state index contributed by atoms with van der Waals surface area (Å²) in [5.74, 6) is -1.61. The van der Waals surface area contributed by atoms with E-state index in [9.17, 15) is 27.9 Å². The minimum atomic E-state index is -4.49. The number of alkyl halides is 3. The van der Waals surface area contributed by atoms with E-state index in [4.69, 9.17) is 4.74 Å². The van der Waals surface area contributed by atoms with Gasteiger partial charge in [-0.25, -0.2) is 0 Å².